The Morgan fingerprint density at radius 2 is 1.81 bits per heavy atom. The average molecular weight is 887 g/mol. The third kappa shape index (κ3) is 11.5. The van der Waals surface area contributed by atoms with Gasteiger partial charge in [-0.2, -0.15) is 0 Å². The van der Waals surface area contributed by atoms with Crippen LogP contribution in [0.1, 0.15) is 86.8 Å². The van der Waals surface area contributed by atoms with Crippen LogP contribution in [0, 0.1) is 17.8 Å². The Hall–Kier alpha value is -4.30. The largest absolute Gasteiger partial charge is 0.493 e. The lowest BCUT2D eigenvalue weighted by molar-refractivity contribution is -0.296. The van der Waals surface area contributed by atoms with Gasteiger partial charge in [-0.1, -0.05) is 37.1 Å². The van der Waals surface area contributed by atoms with E-state index in [1.54, 1.807) is 46.1 Å². The van der Waals surface area contributed by atoms with E-state index in [0.717, 1.165) is 0 Å². The van der Waals surface area contributed by atoms with E-state index in [4.69, 9.17) is 42.5 Å². The van der Waals surface area contributed by atoms with Gasteiger partial charge in [-0.3, -0.25) is 14.4 Å². The van der Waals surface area contributed by atoms with E-state index in [1.807, 2.05) is 38.9 Å². The molecule has 63 heavy (non-hydrogen) atoms. The number of aliphatic imine (C=N–C) groups is 1. The van der Waals surface area contributed by atoms with E-state index in [1.165, 1.54) is 27.9 Å². The van der Waals surface area contributed by atoms with Gasteiger partial charge in [-0.15, -0.1) is 0 Å². The van der Waals surface area contributed by atoms with Crippen LogP contribution in [-0.4, -0.2) is 145 Å². The van der Waals surface area contributed by atoms with Crippen LogP contribution in [-0.2, 0) is 49.5 Å². The van der Waals surface area contributed by atoms with Crippen LogP contribution >= 0.6 is 0 Å². The Bertz CT molecular complexity index is 1970. The van der Waals surface area contributed by atoms with Crippen LogP contribution < -0.4 is 9.47 Å². The van der Waals surface area contributed by atoms with Crippen molar-refractivity contribution >= 4 is 29.1 Å². The molecular formula is C45H66N4O14. The maximum Gasteiger partial charge on any atom is 0.316 e. The van der Waals surface area contributed by atoms with Crippen LogP contribution in [0.3, 0.4) is 0 Å². The summed E-state index contributed by atoms with van der Waals surface area (Å²) in [6, 6.07) is 6.73. The van der Waals surface area contributed by atoms with Gasteiger partial charge < -0.3 is 57.6 Å². The van der Waals surface area contributed by atoms with Gasteiger partial charge in [0.1, 0.15) is 35.1 Å². The standard InChI is InChI=1S/C45H66N4O14/c1-13-36-45(8,54)37-19-32(46-28(6)50)24(2)20-44(7,41(26(4)38(51)27(5)42(53)61-36)62-43-39(52)34(49(9)10)17-25(3)60-43)58-22-29(21-57-37)47-59-23-30-18-33(48-63-30)31-15-14-16-35(55-11)40(31)56-12/h14-16,18,24-27,34,36-37,39,41,43,52,54H,13,17,19-23H2,1-12H3/b46-32?,47-29-/t24-,25-,26+,27-,34+,36-,37-,39-,41-,43+,44-,45-/m1/s1. The highest BCUT2D eigenvalue weighted by Gasteiger charge is 2.52. The monoisotopic (exact) mass is 886 g/mol. The fourth-order valence-electron chi connectivity index (χ4n) is 8.80. The number of carbonyl (C=O) groups excluding carboxylic acids is 3. The van der Waals surface area contributed by atoms with Crippen molar-refractivity contribution in [1.82, 2.24) is 10.1 Å². The molecule has 0 spiro atoms. The molecule has 1 amide bonds. The molecule has 3 aliphatic rings. The summed E-state index contributed by atoms with van der Waals surface area (Å²) < 4.78 is 48.9. The first-order valence-electron chi connectivity index (χ1n) is 21.5. The number of ether oxygens (including phenoxy) is 7. The third-order valence-electron chi connectivity index (χ3n) is 12.4. The number of aliphatic hydroxyl groups is 2. The molecule has 5 rings (SSSR count). The number of cyclic esters (lactones) is 1. The maximum atomic E-state index is 14.5. The molecule has 2 bridgehead atoms. The first-order chi connectivity index (χ1) is 29.7. The van der Waals surface area contributed by atoms with Crippen molar-refractivity contribution in [2.75, 3.05) is 41.5 Å². The second-order valence-corrected chi connectivity index (χ2v) is 17.6. The van der Waals surface area contributed by atoms with E-state index in [2.05, 4.69) is 15.3 Å². The second-order valence-electron chi connectivity index (χ2n) is 17.6. The number of esters is 1. The molecule has 1 aromatic heterocycles. The van der Waals surface area contributed by atoms with Crippen molar-refractivity contribution in [3.63, 3.8) is 0 Å². The smallest absolute Gasteiger partial charge is 0.316 e. The van der Waals surface area contributed by atoms with E-state index in [9.17, 15) is 24.6 Å². The highest BCUT2D eigenvalue weighted by atomic mass is 16.7. The number of ketones is 1. The lowest BCUT2D eigenvalue weighted by Crippen LogP contribution is -2.59. The number of oxime groups is 1. The predicted octanol–water partition coefficient (Wildman–Crippen LogP) is 4.55. The molecule has 18 heteroatoms. The molecule has 0 saturated carbocycles. The minimum Gasteiger partial charge on any atom is -0.493 e. The Labute approximate surface area is 369 Å². The van der Waals surface area contributed by atoms with Crippen LogP contribution in [0.15, 0.2) is 38.9 Å². The predicted molar refractivity (Wildman–Crippen MR) is 229 cm³/mol. The summed E-state index contributed by atoms with van der Waals surface area (Å²) in [7, 11) is 6.78. The summed E-state index contributed by atoms with van der Waals surface area (Å²) >= 11 is 0. The first kappa shape index (κ1) is 49.7. The number of hydrogen-bond donors (Lipinski definition) is 2. The lowest BCUT2D eigenvalue weighted by Gasteiger charge is -2.47. The Morgan fingerprint density at radius 1 is 1.08 bits per heavy atom. The Kier molecular flexibility index (Phi) is 16.7. The Morgan fingerprint density at radius 3 is 2.46 bits per heavy atom. The van der Waals surface area contributed by atoms with Gasteiger partial charge >= 0.3 is 5.97 Å². The average Bonchev–Trinajstić information content (AvgIpc) is 3.71. The second kappa shape index (κ2) is 21.1. The van der Waals surface area contributed by atoms with Crippen molar-refractivity contribution < 1.29 is 67.1 Å². The van der Waals surface area contributed by atoms with Crippen molar-refractivity contribution in [2.24, 2.45) is 27.9 Å². The van der Waals surface area contributed by atoms with Crippen molar-refractivity contribution in [1.29, 1.82) is 0 Å². The molecule has 12 atom stereocenters. The first-order valence-corrected chi connectivity index (χ1v) is 21.5. The zero-order valence-corrected chi connectivity index (χ0v) is 38.6. The number of aliphatic hydroxyl groups excluding tert-OH is 1. The summed E-state index contributed by atoms with van der Waals surface area (Å²) in [6.45, 7) is 12.5. The van der Waals surface area contributed by atoms with E-state index < -0.39 is 77.3 Å². The molecule has 4 heterocycles. The molecule has 3 saturated heterocycles. The minimum atomic E-state index is -1.86. The highest BCUT2D eigenvalue weighted by molar-refractivity contribution is 6.00. The molecule has 1 aromatic carbocycles. The number of hydrogen-bond acceptors (Lipinski definition) is 17. The number of para-hydroxylation sites is 1. The number of rotatable bonds is 10. The summed E-state index contributed by atoms with van der Waals surface area (Å²) in [5, 5.41) is 32.6. The molecule has 3 fully saturated rings. The number of Topliss-reactive ketones (excluding diaryl/α,β-unsaturated/α-hetero) is 1. The van der Waals surface area contributed by atoms with Gasteiger partial charge in [-0.05, 0) is 79.1 Å². The molecule has 350 valence electrons. The number of aromatic nitrogens is 1. The summed E-state index contributed by atoms with van der Waals surface area (Å²) in [5.41, 5.74) is -1.56. The molecule has 0 unspecified atom stereocenters. The van der Waals surface area contributed by atoms with E-state index >= 15 is 0 Å². The van der Waals surface area contributed by atoms with E-state index in [-0.39, 0.29) is 56.9 Å². The molecule has 0 aliphatic carbocycles. The fourth-order valence-corrected chi connectivity index (χ4v) is 8.80. The molecular weight excluding hydrogens is 821 g/mol. The van der Waals surface area contributed by atoms with Gasteiger partial charge in [0.05, 0.1) is 51.3 Å². The van der Waals surface area contributed by atoms with Gasteiger partial charge in [0.25, 0.3) is 0 Å². The molecule has 0 radical (unpaired) electrons. The van der Waals surface area contributed by atoms with Crippen LogP contribution in [0.5, 0.6) is 11.5 Å². The van der Waals surface area contributed by atoms with Gasteiger partial charge in [0.2, 0.25) is 5.91 Å². The quantitative estimate of drug-likeness (QED) is 0.190. The minimum absolute atomic E-state index is 0.0529. The van der Waals surface area contributed by atoms with Gasteiger partial charge in [-0.25, -0.2) is 4.99 Å². The summed E-state index contributed by atoms with van der Waals surface area (Å²) in [6.07, 6.45) is -5.32. The summed E-state index contributed by atoms with van der Waals surface area (Å²) in [5.74, 6) is -3.36. The number of likely N-dealkylation sites (N-methyl/N-ethyl adjacent to an activating group) is 1. The van der Waals surface area contributed by atoms with Gasteiger partial charge in [0.15, 0.2) is 35.9 Å². The van der Waals surface area contributed by atoms with Crippen LogP contribution in [0.2, 0.25) is 0 Å². The lowest BCUT2D eigenvalue weighted by atomic mass is 9.76. The van der Waals surface area contributed by atoms with Crippen molar-refractivity contribution in [2.45, 2.75) is 142 Å². The van der Waals surface area contributed by atoms with Crippen molar-refractivity contribution in [3.05, 3.63) is 30.0 Å². The fraction of sp³-hybridized carbons (Fsp3) is 0.689. The topological polar surface area (TPSA) is 219 Å². The normalized spacial score (nSPS) is 35.1. The summed E-state index contributed by atoms with van der Waals surface area (Å²) in [4.78, 5) is 53.2. The number of nitrogens with zero attached hydrogens (tertiary/aromatic N) is 4. The number of fused-ring (bicyclic) bond motifs is 5. The molecule has 18 nitrogen and oxygen atoms in total. The SMILES string of the molecule is CC[C@H]1OC(=O)[C@H](C)C(=O)[C@H](C)[C@@H](O[C@@H]2O[C@H](C)C[C@H](N(C)C)[C@H]2O)[C@@]2(C)C[C@@H](C)C(=NC(C)=O)C[C@@H](OC/C(=N/OCc3cc(-c4cccc(OC)c4OC)no3)CO2)[C@]1(C)O. The Balaban J connectivity index is 1.60. The molecule has 3 aliphatic heterocycles. The van der Waals surface area contributed by atoms with Gasteiger partial charge in [0, 0.05) is 42.6 Å². The zero-order chi connectivity index (χ0) is 46.4. The number of amides is 1. The number of methoxy groups -OCH3 is 2. The van der Waals surface area contributed by atoms with Crippen molar-refractivity contribution in [3.8, 4) is 22.8 Å². The van der Waals surface area contributed by atoms with Crippen LogP contribution in [0.4, 0.5) is 0 Å². The number of carbonyl (C=O) groups is 3. The maximum absolute atomic E-state index is 14.5. The molecule has 2 N–H and O–H groups in total. The zero-order valence-electron chi connectivity index (χ0n) is 38.6. The molecule has 2 aromatic rings. The highest BCUT2D eigenvalue weighted by Crippen LogP contribution is 2.40. The third-order valence-corrected chi connectivity index (χ3v) is 12.4. The van der Waals surface area contributed by atoms with Crippen LogP contribution in [0.25, 0.3) is 11.3 Å². The van der Waals surface area contributed by atoms with E-state index in [0.29, 0.717) is 40.6 Å². The number of benzene rings is 1.